The zero-order valence-corrected chi connectivity index (χ0v) is 14.0. The molecule has 1 atom stereocenters. The summed E-state index contributed by atoms with van der Waals surface area (Å²) in [7, 11) is 0. The van der Waals surface area contributed by atoms with Crippen LogP contribution in [0.3, 0.4) is 0 Å². The Labute approximate surface area is 144 Å². The van der Waals surface area contributed by atoms with Crippen molar-refractivity contribution in [2.75, 3.05) is 18.4 Å². The van der Waals surface area contributed by atoms with Crippen molar-refractivity contribution in [3.8, 4) is 6.07 Å². The molecule has 2 aliphatic rings. The molecular formula is C16H16ClN3O2S. The third-order valence-corrected chi connectivity index (χ3v) is 5.66. The zero-order chi connectivity index (χ0) is 16.4. The number of carbonyl (C=O) groups excluding carboxylic acids is 2. The van der Waals surface area contributed by atoms with Gasteiger partial charge < -0.3 is 10.2 Å². The fraction of sp³-hybridized carbons (Fsp3) is 0.438. The molecule has 0 radical (unpaired) electrons. The van der Waals surface area contributed by atoms with Crippen LogP contribution in [-0.2, 0) is 9.59 Å². The molecule has 2 aliphatic heterocycles. The Balaban J connectivity index is 1.62. The highest BCUT2D eigenvalue weighted by atomic mass is 35.5. The number of amides is 2. The fourth-order valence-corrected chi connectivity index (χ4v) is 4.06. The Morgan fingerprint density at radius 3 is 2.87 bits per heavy atom. The molecule has 0 spiro atoms. The van der Waals surface area contributed by atoms with Gasteiger partial charge in [0.05, 0.1) is 17.0 Å². The Morgan fingerprint density at radius 2 is 2.17 bits per heavy atom. The Bertz CT molecular complexity index is 680. The number of likely N-dealkylation sites (tertiary alicyclic amines) is 1. The van der Waals surface area contributed by atoms with Crippen LogP contribution in [0.1, 0.15) is 19.3 Å². The first kappa shape index (κ1) is 16.2. The normalized spacial score (nSPS) is 21.3. The van der Waals surface area contributed by atoms with Crippen molar-refractivity contribution in [1.82, 2.24) is 4.90 Å². The van der Waals surface area contributed by atoms with E-state index in [4.69, 9.17) is 16.9 Å². The molecule has 120 valence electrons. The standard InChI is InChI=1S/C16H16ClN3O2S/c17-11-1-2-13-12(7-11)19-16(22)14(23-13)8-15(21)20-5-3-10(9-18)4-6-20/h1-2,7,10,14H,3-6,8H2,(H,19,22). The number of hydrogen-bond donors (Lipinski definition) is 1. The first-order chi connectivity index (χ1) is 11.1. The first-order valence-electron chi connectivity index (χ1n) is 7.51. The van der Waals surface area contributed by atoms with Gasteiger partial charge in [0.15, 0.2) is 0 Å². The lowest BCUT2D eigenvalue weighted by molar-refractivity contribution is -0.133. The highest BCUT2D eigenvalue weighted by Gasteiger charge is 2.31. The summed E-state index contributed by atoms with van der Waals surface area (Å²) in [4.78, 5) is 27.3. The largest absolute Gasteiger partial charge is 0.343 e. The molecule has 1 fully saturated rings. The van der Waals surface area contributed by atoms with Crippen molar-refractivity contribution < 1.29 is 9.59 Å². The third-order valence-electron chi connectivity index (χ3n) is 4.15. The van der Waals surface area contributed by atoms with Crippen molar-refractivity contribution in [1.29, 1.82) is 5.26 Å². The van der Waals surface area contributed by atoms with Crippen LogP contribution in [0.4, 0.5) is 5.69 Å². The maximum absolute atomic E-state index is 12.4. The van der Waals surface area contributed by atoms with Crippen LogP contribution in [0, 0.1) is 17.2 Å². The van der Waals surface area contributed by atoms with Crippen molar-refractivity contribution in [2.24, 2.45) is 5.92 Å². The van der Waals surface area contributed by atoms with Gasteiger partial charge in [0.25, 0.3) is 0 Å². The second-order valence-electron chi connectivity index (χ2n) is 5.72. The Morgan fingerprint density at radius 1 is 1.43 bits per heavy atom. The lowest BCUT2D eigenvalue weighted by Crippen LogP contribution is -2.41. The molecule has 7 heteroatoms. The number of fused-ring (bicyclic) bond motifs is 1. The molecule has 0 aromatic heterocycles. The van der Waals surface area contributed by atoms with Crippen LogP contribution in [-0.4, -0.2) is 35.1 Å². The van der Waals surface area contributed by atoms with Crippen LogP contribution < -0.4 is 5.32 Å². The molecule has 2 amide bonds. The van der Waals surface area contributed by atoms with Gasteiger partial charge in [-0.05, 0) is 31.0 Å². The maximum Gasteiger partial charge on any atom is 0.238 e. The molecule has 3 rings (SSSR count). The van der Waals surface area contributed by atoms with E-state index in [1.54, 1.807) is 17.0 Å². The summed E-state index contributed by atoms with van der Waals surface area (Å²) in [6, 6.07) is 7.60. The smallest absolute Gasteiger partial charge is 0.238 e. The van der Waals surface area contributed by atoms with Crippen LogP contribution in [0.5, 0.6) is 0 Å². The van der Waals surface area contributed by atoms with Gasteiger partial charge in [0.1, 0.15) is 0 Å². The highest BCUT2D eigenvalue weighted by Crippen LogP contribution is 2.38. The molecule has 1 unspecified atom stereocenters. The summed E-state index contributed by atoms with van der Waals surface area (Å²) in [5.41, 5.74) is 0.700. The SMILES string of the molecule is N#CC1CCN(C(=O)CC2Sc3ccc(Cl)cc3NC2=O)CC1. The van der Waals surface area contributed by atoms with Crippen molar-refractivity contribution in [2.45, 2.75) is 29.4 Å². The number of halogens is 1. The molecule has 1 saturated heterocycles. The van der Waals surface area contributed by atoms with Crippen molar-refractivity contribution in [3.05, 3.63) is 23.2 Å². The molecule has 2 heterocycles. The van der Waals surface area contributed by atoms with Gasteiger partial charge in [-0.25, -0.2) is 0 Å². The number of nitrogens with zero attached hydrogens (tertiary/aromatic N) is 2. The van der Waals surface area contributed by atoms with E-state index in [9.17, 15) is 9.59 Å². The molecule has 23 heavy (non-hydrogen) atoms. The molecule has 1 aromatic rings. The Hall–Kier alpha value is -1.71. The molecule has 1 N–H and O–H groups in total. The molecule has 0 saturated carbocycles. The zero-order valence-electron chi connectivity index (χ0n) is 12.4. The third kappa shape index (κ3) is 3.62. The van der Waals surface area contributed by atoms with E-state index in [0.717, 1.165) is 4.90 Å². The molecule has 1 aromatic carbocycles. The minimum Gasteiger partial charge on any atom is -0.343 e. The van der Waals surface area contributed by atoms with E-state index in [0.29, 0.717) is 36.6 Å². The van der Waals surface area contributed by atoms with Crippen LogP contribution in [0.25, 0.3) is 0 Å². The predicted octanol–water partition coefficient (Wildman–Crippen LogP) is 2.91. The number of nitriles is 1. The van der Waals surface area contributed by atoms with E-state index in [1.807, 2.05) is 6.07 Å². The van der Waals surface area contributed by atoms with E-state index >= 15 is 0 Å². The number of rotatable bonds is 2. The van der Waals surface area contributed by atoms with Gasteiger partial charge >= 0.3 is 0 Å². The van der Waals surface area contributed by atoms with E-state index < -0.39 is 5.25 Å². The second-order valence-corrected chi connectivity index (χ2v) is 7.41. The molecular weight excluding hydrogens is 334 g/mol. The van der Waals surface area contributed by atoms with Crippen LogP contribution >= 0.6 is 23.4 Å². The van der Waals surface area contributed by atoms with E-state index in [1.165, 1.54) is 11.8 Å². The van der Waals surface area contributed by atoms with Crippen molar-refractivity contribution in [3.63, 3.8) is 0 Å². The van der Waals surface area contributed by atoms with Gasteiger partial charge in [0.2, 0.25) is 11.8 Å². The highest BCUT2D eigenvalue weighted by molar-refractivity contribution is 8.01. The van der Waals surface area contributed by atoms with E-state index in [2.05, 4.69) is 11.4 Å². The fourth-order valence-electron chi connectivity index (χ4n) is 2.80. The summed E-state index contributed by atoms with van der Waals surface area (Å²) in [6.07, 6.45) is 1.61. The summed E-state index contributed by atoms with van der Waals surface area (Å²) in [6.45, 7) is 1.20. The first-order valence-corrected chi connectivity index (χ1v) is 8.77. The lowest BCUT2D eigenvalue weighted by atomic mass is 9.98. The number of thioether (sulfide) groups is 1. The minimum atomic E-state index is -0.426. The van der Waals surface area contributed by atoms with Gasteiger partial charge in [0, 0.05) is 35.3 Å². The molecule has 0 bridgehead atoms. The monoisotopic (exact) mass is 349 g/mol. The van der Waals surface area contributed by atoms with Gasteiger partial charge in [-0.1, -0.05) is 11.6 Å². The summed E-state index contributed by atoms with van der Waals surface area (Å²) >= 11 is 7.33. The number of nitrogens with one attached hydrogen (secondary N) is 1. The number of anilines is 1. The summed E-state index contributed by atoms with van der Waals surface area (Å²) in [5, 5.41) is 11.9. The minimum absolute atomic E-state index is 0.0218. The van der Waals surface area contributed by atoms with Crippen LogP contribution in [0.15, 0.2) is 23.1 Å². The predicted molar refractivity (Wildman–Crippen MR) is 89.3 cm³/mol. The van der Waals surface area contributed by atoms with E-state index in [-0.39, 0.29) is 24.2 Å². The van der Waals surface area contributed by atoms with Crippen LogP contribution in [0.2, 0.25) is 5.02 Å². The number of hydrogen-bond acceptors (Lipinski definition) is 4. The Kier molecular flexibility index (Phi) is 4.79. The lowest BCUT2D eigenvalue weighted by Gasteiger charge is -2.31. The number of carbonyl (C=O) groups is 2. The topological polar surface area (TPSA) is 73.2 Å². The van der Waals surface area contributed by atoms with Gasteiger partial charge in [-0.15, -0.1) is 11.8 Å². The quantitative estimate of drug-likeness (QED) is 0.891. The number of benzene rings is 1. The average molecular weight is 350 g/mol. The molecule has 5 nitrogen and oxygen atoms in total. The van der Waals surface area contributed by atoms with Crippen molar-refractivity contribution >= 4 is 40.9 Å². The maximum atomic E-state index is 12.4. The summed E-state index contributed by atoms with van der Waals surface area (Å²) in [5.74, 6) is -0.139. The molecule has 0 aliphatic carbocycles. The summed E-state index contributed by atoms with van der Waals surface area (Å²) < 4.78 is 0. The van der Waals surface area contributed by atoms with Gasteiger partial charge in [-0.2, -0.15) is 5.26 Å². The number of piperidine rings is 1. The second kappa shape index (κ2) is 6.81. The van der Waals surface area contributed by atoms with Gasteiger partial charge in [-0.3, -0.25) is 9.59 Å². The average Bonchev–Trinajstić information content (AvgIpc) is 2.55.